The number of hydrogen-bond acceptors (Lipinski definition) is 1. The first kappa shape index (κ1) is 18.5. The zero-order valence-corrected chi connectivity index (χ0v) is 17.1. The fourth-order valence-electron chi connectivity index (χ4n) is 3.45. The first-order valence-corrected chi connectivity index (χ1v) is 10.8. The first-order chi connectivity index (χ1) is 13.7. The summed E-state index contributed by atoms with van der Waals surface area (Å²) >= 11 is 1.80. The molecule has 1 heterocycles. The molecule has 0 unspecified atom stereocenters. The Labute approximate surface area is 171 Å². The van der Waals surface area contributed by atoms with E-state index in [2.05, 4.69) is 115 Å². The van der Waals surface area contributed by atoms with Gasteiger partial charge in [-0.3, -0.25) is 0 Å². The largest absolute Gasteiger partial charge is 0.241 e. The average molecular weight is 383 g/mol. The summed E-state index contributed by atoms with van der Waals surface area (Å²) in [6, 6.07) is 34.8. The Morgan fingerprint density at radius 2 is 1.29 bits per heavy atom. The van der Waals surface area contributed by atoms with Crippen LogP contribution in [0.5, 0.6) is 0 Å². The molecule has 0 radical (unpaired) electrons. The molecular weight excluding hydrogens is 358 g/mol. The zero-order valence-electron chi connectivity index (χ0n) is 16.3. The molecule has 0 saturated heterocycles. The first-order valence-electron chi connectivity index (χ1n) is 9.53. The van der Waals surface area contributed by atoms with Gasteiger partial charge in [-0.15, -0.1) is 0 Å². The van der Waals surface area contributed by atoms with E-state index in [1.54, 1.807) is 11.8 Å². The summed E-state index contributed by atoms with van der Waals surface area (Å²) in [5.74, 6) is 0. The molecule has 2 heteroatoms. The van der Waals surface area contributed by atoms with E-state index in [-0.39, 0.29) is 0 Å². The summed E-state index contributed by atoms with van der Waals surface area (Å²) in [6.45, 7) is 2.99. The second-order valence-corrected chi connectivity index (χ2v) is 7.80. The molecule has 138 valence electrons. The van der Waals surface area contributed by atoms with Gasteiger partial charge in [0.1, 0.15) is 0 Å². The zero-order chi connectivity index (χ0) is 19.3. The van der Waals surface area contributed by atoms with Gasteiger partial charge in [-0.1, -0.05) is 90.1 Å². The lowest BCUT2D eigenvalue weighted by atomic mass is 10.0. The van der Waals surface area contributed by atoms with E-state index in [9.17, 15) is 0 Å². The van der Waals surface area contributed by atoms with Crippen LogP contribution in [0.3, 0.4) is 0 Å². The third-order valence-corrected chi connectivity index (χ3v) is 5.73. The second kappa shape index (κ2) is 8.45. The van der Waals surface area contributed by atoms with Gasteiger partial charge in [0.15, 0.2) is 6.54 Å². The molecule has 0 amide bonds. The lowest BCUT2D eigenvalue weighted by molar-refractivity contribution is -0.714. The minimum atomic E-state index is 0.857. The topological polar surface area (TPSA) is 3.88 Å². The van der Waals surface area contributed by atoms with E-state index in [1.165, 1.54) is 38.5 Å². The van der Waals surface area contributed by atoms with Gasteiger partial charge in [-0.25, -0.2) is 0 Å². The number of nitrogens with zero attached hydrogens (tertiary/aromatic N) is 1. The van der Waals surface area contributed by atoms with Gasteiger partial charge in [-0.2, -0.15) is 4.57 Å². The molecule has 0 aliphatic carbocycles. The smallest absolute Gasteiger partial charge is 0.182 e. The molecule has 1 nitrogen and oxygen atoms in total. The van der Waals surface area contributed by atoms with Crippen molar-refractivity contribution in [3.63, 3.8) is 0 Å². The molecule has 28 heavy (non-hydrogen) atoms. The molecule has 0 saturated carbocycles. The lowest BCUT2D eigenvalue weighted by Gasteiger charge is -2.11. The molecule has 3 aromatic carbocycles. The Hall–Kier alpha value is -2.84. The Bertz CT molecular complexity index is 1050. The number of aromatic nitrogens is 1. The maximum atomic E-state index is 2.43. The fraction of sp³-hybridized carbons (Fsp3) is 0.115. The van der Waals surface area contributed by atoms with Crippen LogP contribution >= 0.6 is 11.8 Å². The van der Waals surface area contributed by atoms with E-state index in [0.29, 0.717) is 0 Å². The van der Waals surface area contributed by atoms with Crippen LogP contribution in [-0.4, -0.2) is 6.26 Å². The fourth-order valence-corrected chi connectivity index (χ4v) is 4.08. The van der Waals surface area contributed by atoms with Crippen LogP contribution in [0.2, 0.25) is 0 Å². The molecule has 1 aromatic heterocycles. The average Bonchev–Trinajstić information content (AvgIpc) is 2.76. The highest BCUT2D eigenvalue weighted by molar-refractivity contribution is 7.98. The predicted molar refractivity (Wildman–Crippen MR) is 120 cm³/mol. The molecule has 0 N–H and O–H groups in total. The minimum absolute atomic E-state index is 0.857. The van der Waals surface area contributed by atoms with Crippen molar-refractivity contribution in [1.82, 2.24) is 0 Å². The van der Waals surface area contributed by atoms with Crippen molar-refractivity contribution in [2.24, 2.45) is 0 Å². The van der Waals surface area contributed by atoms with Gasteiger partial charge >= 0.3 is 0 Å². The van der Waals surface area contributed by atoms with Crippen LogP contribution in [0.15, 0.2) is 102 Å². The van der Waals surface area contributed by atoms with Gasteiger partial charge in [0.25, 0.3) is 0 Å². The monoisotopic (exact) mass is 382 g/mol. The highest BCUT2D eigenvalue weighted by atomic mass is 32.2. The molecule has 0 aliphatic rings. The van der Waals surface area contributed by atoms with Crippen molar-refractivity contribution in [1.29, 1.82) is 0 Å². The lowest BCUT2D eigenvalue weighted by Crippen LogP contribution is -2.39. The number of pyridine rings is 1. The second-order valence-electron chi connectivity index (χ2n) is 6.98. The number of thioether (sulfide) groups is 1. The SMILES string of the molecule is CSc1cc(-c2ccccc2)cc(-c2ccccc2)[n+]1Cc1ccc(C)cc1. The third kappa shape index (κ3) is 4.02. The van der Waals surface area contributed by atoms with Gasteiger partial charge in [0.05, 0.1) is 0 Å². The van der Waals surface area contributed by atoms with Crippen molar-refractivity contribution >= 4 is 11.8 Å². The van der Waals surface area contributed by atoms with Crippen LogP contribution in [0, 0.1) is 6.92 Å². The molecule has 0 aliphatic heterocycles. The van der Waals surface area contributed by atoms with Crippen LogP contribution in [0.25, 0.3) is 22.4 Å². The van der Waals surface area contributed by atoms with Gasteiger partial charge in [0.2, 0.25) is 10.7 Å². The summed E-state index contributed by atoms with van der Waals surface area (Å²) in [4.78, 5) is 0. The number of rotatable bonds is 5. The molecule has 4 aromatic rings. The van der Waals surface area contributed by atoms with Crippen LogP contribution in [0.1, 0.15) is 11.1 Å². The summed E-state index contributed by atoms with van der Waals surface area (Å²) < 4.78 is 2.43. The Kier molecular flexibility index (Phi) is 5.59. The van der Waals surface area contributed by atoms with Crippen molar-refractivity contribution < 1.29 is 4.57 Å². The van der Waals surface area contributed by atoms with E-state index in [4.69, 9.17) is 0 Å². The summed E-state index contributed by atoms with van der Waals surface area (Å²) in [6.07, 6.45) is 2.16. The molecule has 0 spiro atoms. The molecule has 0 bridgehead atoms. The highest BCUT2D eigenvalue weighted by Crippen LogP contribution is 2.28. The van der Waals surface area contributed by atoms with Gasteiger partial charge < -0.3 is 0 Å². The number of benzene rings is 3. The minimum Gasteiger partial charge on any atom is -0.182 e. The predicted octanol–water partition coefficient (Wildman–Crippen LogP) is 6.39. The van der Waals surface area contributed by atoms with Gasteiger partial charge in [-0.05, 0) is 36.4 Å². The van der Waals surface area contributed by atoms with E-state index < -0.39 is 0 Å². The molecular formula is C26H24NS+. The maximum absolute atomic E-state index is 2.43. The standard InChI is InChI=1S/C26H24NS/c1-20-13-15-21(16-14-20)19-27-25(23-11-7-4-8-12-23)17-24(18-26(27)28-2)22-9-5-3-6-10-22/h3-18H,19H2,1-2H3/q+1. The van der Waals surface area contributed by atoms with Crippen LogP contribution in [-0.2, 0) is 6.54 Å². The van der Waals surface area contributed by atoms with Gasteiger partial charge in [0, 0.05) is 23.3 Å². The summed E-state index contributed by atoms with van der Waals surface area (Å²) in [5.41, 5.74) is 7.59. The summed E-state index contributed by atoms with van der Waals surface area (Å²) in [5, 5.41) is 1.26. The number of hydrogen-bond donors (Lipinski definition) is 0. The van der Waals surface area contributed by atoms with Crippen LogP contribution < -0.4 is 4.57 Å². The summed E-state index contributed by atoms with van der Waals surface area (Å²) in [7, 11) is 0. The highest BCUT2D eigenvalue weighted by Gasteiger charge is 2.21. The molecule has 0 fully saturated rings. The Balaban J connectivity index is 1.89. The maximum Gasteiger partial charge on any atom is 0.241 e. The van der Waals surface area contributed by atoms with Crippen molar-refractivity contribution in [3.05, 3.63) is 108 Å². The quantitative estimate of drug-likeness (QED) is 0.286. The number of aryl methyl sites for hydroxylation is 1. The van der Waals surface area contributed by atoms with Crippen molar-refractivity contribution in [3.8, 4) is 22.4 Å². The Morgan fingerprint density at radius 3 is 1.89 bits per heavy atom. The van der Waals surface area contributed by atoms with Crippen LogP contribution in [0.4, 0.5) is 0 Å². The third-order valence-electron chi connectivity index (χ3n) is 4.98. The van der Waals surface area contributed by atoms with E-state index in [1.807, 2.05) is 0 Å². The molecule has 0 atom stereocenters. The molecule has 4 rings (SSSR count). The normalized spacial score (nSPS) is 10.8. The van der Waals surface area contributed by atoms with Crippen molar-refractivity contribution in [2.45, 2.75) is 18.5 Å². The van der Waals surface area contributed by atoms with E-state index in [0.717, 1.165) is 6.54 Å². The van der Waals surface area contributed by atoms with E-state index >= 15 is 0 Å². The Morgan fingerprint density at radius 1 is 0.679 bits per heavy atom. The van der Waals surface area contributed by atoms with Crippen molar-refractivity contribution in [2.75, 3.05) is 6.26 Å².